The third-order valence-corrected chi connectivity index (χ3v) is 5.80. The number of ether oxygens (including phenoxy) is 3. The minimum atomic E-state index is -0.933. The van der Waals surface area contributed by atoms with Crippen LogP contribution in [0, 0.1) is 0 Å². The van der Waals surface area contributed by atoms with Gasteiger partial charge in [-0.1, -0.05) is 48.5 Å². The van der Waals surface area contributed by atoms with E-state index in [4.69, 9.17) is 25.1 Å². The van der Waals surface area contributed by atoms with Crippen LogP contribution in [-0.2, 0) is 14.3 Å². The number of alkyl carbamates (subject to hydrolysis) is 1. The van der Waals surface area contributed by atoms with Crippen LogP contribution in [0.25, 0.3) is 0 Å². The molecule has 10 heteroatoms. The number of nitrogens with two attached hydrogens (primary N) is 1. The molecular formula is C30H33N3O7. The molecule has 0 fully saturated rings. The first-order chi connectivity index (χ1) is 19.4. The average molecular weight is 548 g/mol. The van der Waals surface area contributed by atoms with Crippen molar-refractivity contribution >= 4 is 29.3 Å². The Bertz CT molecular complexity index is 1280. The zero-order valence-corrected chi connectivity index (χ0v) is 22.1. The van der Waals surface area contributed by atoms with Gasteiger partial charge in [-0.25, -0.2) is 4.79 Å². The molecule has 0 heterocycles. The van der Waals surface area contributed by atoms with E-state index in [1.165, 1.54) is 13.2 Å². The van der Waals surface area contributed by atoms with E-state index in [1.54, 1.807) is 84.9 Å². The molecule has 0 spiro atoms. The van der Waals surface area contributed by atoms with E-state index >= 15 is 0 Å². The molecule has 2 atom stereocenters. The van der Waals surface area contributed by atoms with Crippen molar-refractivity contribution in [3.05, 3.63) is 102 Å². The Morgan fingerprint density at radius 3 is 2.35 bits per heavy atom. The van der Waals surface area contributed by atoms with Gasteiger partial charge in [0.1, 0.15) is 12.4 Å². The molecule has 0 bridgehead atoms. The van der Waals surface area contributed by atoms with Crippen LogP contribution in [-0.4, -0.2) is 49.4 Å². The fraction of sp³-hybridized carbons (Fsp3) is 0.233. The van der Waals surface area contributed by atoms with Gasteiger partial charge in [-0.3, -0.25) is 14.9 Å². The Morgan fingerprint density at radius 1 is 0.975 bits per heavy atom. The van der Waals surface area contributed by atoms with Crippen molar-refractivity contribution in [2.45, 2.75) is 25.0 Å². The normalized spacial score (nSPS) is 12.3. The van der Waals surface area contributed by atoms with E-state index in [1.807, 2.05) is 0 Å². The molecule has 210 valence electrons. The number of hydrogen-bond acceptors (Lipinski definition) is 8. The van der Waals surface area contributed by atoms with Gasteiger partial charge in [0.05, 0.1) is 24.1 Å². The summed E-state index contributed by atoms with van der Waals surface area (Å²) in [6.45, 7) is 0.0138. The van der Waals surface area contributed by atoms with Crippen molar-refractivity contribution in [1.29, 1.82) is 0 Å². The number of carbonyl (C=O) groups is 3. The lowest BCUT2D eigenvalue weighted by Gasteiger charge is -2.26. The molecule has 0 saturated carbocycles. The van der Waals surface area contributed by atoms with Crippen LogP contribution in [0.4, 0.5) is 16.2 Å². The number of methoxy groups -OCH3 is 1. The minimum absolute atomic E-state index is 0.126. The van der Waals surface area contributed by atoms with Crippen LogP contribution >= 0.6 is 0 Å². The number of amides is 3. The number of aliphatic hydroxyl groups excluding tert-OH is 1. The lowest BCUT2D eigenvalue weighted by molar-refractivity contribution is -0.111. The van der Waals surface area contributed by atoms with Crippen LogP contribution in [0.15, 0.2) is 91.0 Å². The maximum Gasteiger partial charge on any atom is 0.414 e. The standard InChI is InChI=1S/C30H33N3O7/c1-38-26(13-7-8-14-27(35)32-25-12-6-5-11-24(25)31)28(21-15-17-23(18-16-21)39-20-19-34)40-30(37)33-29(36)22-9-3-2-4-10-22/h2-6,8-12,14-18,26,28,34H,7,13,19-20,31H2,1H3,(H,32,35)(H,33,36,37)/b14-8+/t26-,28-/m1/s1. The van der Waals surface area contributed by atoms with Crippen molar-refractivity contribution in [2.24, 2.45) is 0 Å². The SMILES string of the molecule is CO[C@H](CC/C=C/C(=O)Nc1ccccc1N)[C@H](OC(=O)NC(=O)c1ccccc1)c1ccc(OCCO)cc1. The molecule has 40 heavy (non-hydrogen) atoms. The maximum absolute atomic E-state index is 12.7. The molecule has 5 N–H and O–H groups in total. The molecule has 0 radical (unpaired) electrons. The van der Waals surface area contributed by atoms with E-state index in [0.717, 1.165) is 0 Å². The topological polar surface area (TPSA) is 149 Å². The lowest BCUT2D eigenvalue weighted by Crippen LogP contribution is -2.35. The third kappa shape index (κ3) is 9.26. The smallest absolute Gasteiger partial charge is 0.414 e. The Balaban J connectivity index is 1.68. The summed E-state index contributed by atoms with van der Waals surface area (Å²) in [4.78, 5) is 37.5. The summed E-state index contributed by atoms with van der Waals surface area (Å²) in [6, 6.07) is 22.0. The highest BCUT2D eigenvalue weighted by Gasteiger charge is 2.28. The predicted octanol–water partition coefficient (Wildman–Crippen LogP) is 4.24. The van der Waals surface area contributed by atoms with Gasteiger partial charge in [-0.2, -0.15) is 0 Å². The highest BCUT2D eigenvalue weighted by Crippen LogP contribution is 2.28. The zero-order chi connectivity index (χ0) is 28.7. The molecule has 3 aromatic carbocycles. The summed E-state index contributed by atoms with van der Waals surface area (Å²) < 4.78 is 16.8. The van der Waals surface area contributed by atoms with Gasteiger partial charge < -0.3 is 30.4 Å². The van der Waals surface area contributed by atoms with Crippen LogP contribution in [0.3, 0.4) is 0 Å². The summed E-state index contributed by atoms with van der Waals surface area (Å²) in [7, 11) is 1.49. The number of hydrogen-bond donors (Lipinski definition) is 4. The Hall–Kier alpha value is -4.67. The van der Waals surface area contributed by atoms with Crippen molar-refractivity contribution in [3.8, 4) is 5.75 Å². The summed E-state index contributed by atoms with van der Waals surface area (Å²) in [5.74, 6) is -0.404. The lowest BCUT2D eigenvalue weighted by atomic mass is 10.00. The minimum Gasteiger partial charge on any atom is -0.491 e. The van der Waals surface area contributed by atoms with Gasteiger partial charge in [-0.15, -0.1) is 0 Å². The number of benzene rings is 3. The Labute approximate surface area is 232 Å². The molecule has 10 nitrogen and oxygen atoms in total. The molecule has 3 amide bonds. The molecule has 0 aliphatic carbocycles. The van der Waals surface area contributed by atoms with E-state index in [2.05, 4.69) is 10.6 Å². The Kier molecular flexibility index (Phi) is 11.7. The second-order valence-corrected chi connectivity index (χ2v) is 8.62. The fourth-order valence-electron chi connectivity index (χ4n) is 3.80. The third-order valence-electron chi connectivity index (χ3n) is 5.80. The van der Waals surface area contributed by atoms with E-state index in [0.29, 0.717) is 41.1 Å². The number of nitrogen functional groups attached to an aromatic ring is 1. The zero-order valence-electron chi connectivity index (χ0n) is 22.1. The van der Waals surface area contributed by atoms with Gasteiger partial charge in [0.25, 0.3) is 5.91 Å². The number of allylic oxidation sites excluding steroid dienone is 1. The first-order valence-electron chi connectivity index (χ1n) is 12.7. The highest BCUT2D eigenvalue weighted by molar-refractivity contribution is 6.03. The molecule has 0 aromatic heterocycles. The molecule has 0 unspecified atom stereocenters. The van der Waals surface area contributed by atoms with Gasteiger partial charge in [0.15, 0.2) is 6.10 Å². The van der Waals surface area contributed by atoms with Crippen molar-refractivity contribution in [3.63, 3.8) is 0 Å². The second-order valence-electron chi connectivity index (χ2n) is 8.62. The van der Waals surface area contributed by atoms with Gasteiger partial charge >= 0.3 is 6.09 Å². The van der Waals surface area contributed by atoms with Gasteiger partial charge in [0, 0.05) is 12.7 Å². The summed E-state index contributed by atoms with van der Waals surface area (Å²) >= 11 is 0. The van der Waals surface area contributed by atoms with Crippen molar-refractivity contribution in [1.82, 2.24) is 5.32 Å². The number of carbonyl (C=O) groups excluding carboxylic acids is 3. The molecule has 3 rings (SSSR count). The van der Waals surface area contributed by atoms with Gasteiger partial charge in [-0.05, 0) is 60.9 Å². The predicted molar refractivity (Wildman–Crippen MR) is 151 cm³/mol. The summed E-state index contributed by atoms with van der Waals surface area (Å²) in [6.07, 6.45) is 1.47. The number of imide groups is 1. The monoisotopic (exact) mass is 547 g/mol. The van der Waals surface area contributed by atoms with E-state index in [-0.39, 0.29) is 19.1 Å². The van der Waals surface area contributed by atoms with Crippen molar-refractivity contribution in [2.75, 3.05) is 31.4 Å². The molecular weight excluding hydrogens is 514 g/mol. The van der Waals surface area contributed by atoms with Crippen LogP contribution in [0.1, 0.15) is 34.9 Å². The number of rotatable bonds is 13. The number of aliphatic hydroxyl groups is 1. The maximum atomic E-state index is 12.7. The van der Waals surface area contributed by atoms with Crippen LogP contribution < -0.4 is 21.1 Å². The highest BCUT2D eigenvalue weighted by atomic mass is 16.6. The largest absolute Gasteiger partial charge is 0.491 e. The van der Waals surface area contributed by atoms with Crippen LogP contribution in [0.5, 0.6) is 5.75 Å². The second kappa shape index (κ2) is 15.7. The Morgan fingerprint density at radius 2 is 1.68 bits per heavy atom. The summed E-state index contributed by atoms with van der Waals surface area (Å²) in [5, 5.41) is 13.9. The van der Waals surface area contributed by atoms with E-state index < -0.39 is 24.2 Å². The van der Waals surface area contributed by atoms with Crippen molar-refractivity contribution < 1.29 is 33.7 Å². The molecule has 3 aromatic rings. The molecule has 0 saturated heterocycles. The number of anilines is 2. The van der Waals surface area contributed by atoms with Crippen LogP contribution in [0.2, 0.25) is 0 Å². The molecule has 0 aliphatic rings. The first-order valence-corrected chi connectivity index (χ1v) is 12.7. The average Bonchev–Trinajstić information content (AvgIpc) is 2.97. The number of nitrogens with one attached hydrogen (secondary N) is 2. The number of para-hydroxylation sites is 2. The van der Waals surface area contributed by atoms with E-state index in [9.17, 15) is 14.4 Å². The summed E-state index contributed by atoms with van der Waals surface area (Å²) in [5.41, 5.74) is 7.75. The quantitative estimate of drug-likeness (QED) is 0.183. The molecule has 0 aliphatic heterocycles. The first kappa shape index (κ1) is 29.9. The van der Waals surface area contributed by atoms with Gasteiger partial charge in [0.2, 0.25) is 5.91 Å². The fourth-order valence-corrected chi connectivity index (χ4v) is 3.80.